The Labute approximate surface area is 176 Å². The molecule has 0 aliphatic rings. The van der Waals surface area contributed by atoms with E-state index in [1.54, 1.807) is 7.11 Å². The predicted octanol–water partition coefficient (Wildman–Crippen LogP) is 3.05. The van der Waals surface area contributed by atoms with Gasteiger partial charge in [-0.15, -0.1) is 24.0 Å². The van der Waals surface area contributed by atoms with Crippen molar-refractivity contribution in [1.82, 2.24) is 10.6 Å². The van der Waals surface area contributed by atoms with Crippen LogP contribution in [0.15, 0.2) is 33.7 Å². The van der Waals surface area contributed by atoms with E-state index in [0.717, 1.165) is 35.7 Å². The number of methoxy groups -OCH3 is 1. The molecule has 25 heavy (non-hydrogen) atoms. The summed E-state index contributed by atoms with van der Waals surface area (Å²) >= 11 is 3.43. The molecule has 0 aromatic heterocycles. The number of hydrogen-bond acceptors (Lipinski definition) is 4. The zero-order valence-corrected chi connectivity index (χ0v) is 18.8. The second kappa shape index (κ2) is 16.9. The van der Waals surface area contributed by atoms with Gasteiger partial charge in [-0.3, -0.25) is 4.99 Å². The Balaban J connectivity index is 0.00000576. The van der Waals surface area contributed by atoms with Gasteiger partial charge >= 0.3 is 0 Å². The number of aliphatic imine (C=N–C) groups is 1. The van der Waals surface area contributed by atoms with Gasteiger partial charge in [-0.25, -0.2) is 0 Å². The topological polar surface area (TPSA) is 64.1 Å². The third-order valence-electron chi connectivity index (χ3n) is 2.95. The number of rotatable bonds is 12. The fourth-order valence-corrected chi connectivity index (χ4v) is 2.22. The highest BCUT2D eigenvalue weighted by molar-refractivity contribution is 14.0. The second-order valence-electron chi connectivity index (χ2n) is 4.95. The van der Waals surface area contributed by atoms with Crippen LogP contribution in [0.25, 0.3) is 0 Å². The van der Waals surface area contributed by atoms with Crippen molar-refractivity contribution in [3.63, 3.8) is 0 Å². The van der Waals surface area contributed by atoms with Gasteiger partial charge in [-0.1, -0.05) is 22.0 Å². The lowest BCUT2D eigenvalue weighted by Gasteiger charge is -2.12. The lowest BCUT2D eigenvalue weighted by Crippen LogP contribution is -2.39. The van der Waals surface area contributed by atoms with Crippen LogP contribution in [0, 0.1) is 0 Å². The molecule has 0 aliphatic heterocycles. The number of nitrogens with zero attached hydrogens (tertiary/aromatic N) is 1. The number of benzene rings is 1. The maximum atomic E-state index is 5.69. The van der Waals surface area contributed by atoms with Gasteiger partial charge in [-0.2, -0.15) is 0 Å². The van der Waals surface area contributed by atoms with Crippen molar-refractivity contribution in [2.45, 2.75) is 13.3 Å². The highest BCUT2D eigenvalue weighted by Crippen LogP contribution is 2.17. The lowest BCUT2D eigenvalue weighted by atomic mass is 10.3. The normalized spacial score (nSPS) is 10.9. The van der Waals surface area contributed by atoms with E-state index in [1.807, 2.05) is 31.2 Å². The molecule has 2 N–H and O–H groups in total. The molecule has 0 saturated carbocycles. The summed E-state index contributed by atoms with van der Waals surface area (Å²) < 4.78 is 17.0. The Morgan fingerprint density at radius 2 is 2.00 bits per heavy atom. The van der Waals surface area contributed by atoms with Crippen molar-refractivity contribution >= 4 is 45.9 Å². The van der Waals surface area contributed by atoms with Gasteiger partial charge in [0.2, 0.25) is 0 Å². The van der Waals surface area contributed by atoms with Crippen LogP contribution in [0.1, 0.15) is 13.3 Å². The third kappa shape index (κ3) is 13.3. The first-order chi connectivity index (χ1) is 11.8. The zero-order chi connectivity index (χ0) is 17.5. The van der Waals surface area contributed by atoms with E-state index >= 15 is 0 Å². The van der Waals surface area contributed by atoms with E-state index in [-0.39, 0.29) is 24.0 Å². The maximum Gasteiger partial charge on any atom is 0.191 e. The minimum atomic E-state index is 0. The standard InChI is InChI=1S/C17H28BrN3O3.HI/c1-3-19-17(20-8-5-10-23-13-12-22-2)21-9-11-24-16-7-4-6-15(18)14-16;/h4,6-7,14H,3,5,8-13H2,1-2H3,(H2,19,20,21);1H. The summed E-state index contributed by atoms with van der Waals surface area (Å²) in [6, 6.07) is 7.81. The van der Waals surface area contributed by atoms with E-state index in [1.165, 1.54) is 0 Å². The van der Waals surface area contributed by atoms with E-state index < -0.39 is 0 Å². The van der Waals surface area contributed by atoms with Crippen LogP contribution >= 0.6 is 39.9 Å². The molecule has 0 unspecified atom stereocenters. The molecule has 0 atom stereocenters. The van der Waals surface area contributed by atoms with Crippen LogP contribution in [0.2, 0.25) is 0 Å². The number of ether oxygens (including phenoxy) is 3. The number of nitrogens with one attached hydrogen (secondary N) is 2. The van der Waals surface area contributed by atoms with Gasteiger partial charge in [0, 0.05) is 31.3 Å². The van der Waals surface area contributed by atoms with Gasteiger partial charge in [0.1, 0.15) is 12.4 Å². The monoisotopic (exact) mass is 529 g/mol. The van der Waals surface area contributed by atoms with Crippen molar-refractivity contribution in [2.24, 2.45) is 4.99 Å². The first kappa shape index (κ1) is 24.4. The van der Waals surface area contributed by atoms with Gasteiger partial charge in [-0.05, 0) is 31.5 Å². The van der Waals surface area contributed by atoms with Crippen LogP contribution in [-0.4, -0.2) is 59.1 Å². The molecule has 0 radical (unpaired) electrons. The van der Waals surface area contributed by atoms with E-state index in [9.17, 15) is 0 Å². The summed E-state index contributed by atoms with van der Waals surface area (Å²) in [5, 5.41) is 6.47. The Morgan fingerprint density at radius 1 is 1.16 bits per heavy atom. The van der Waals surface area contributed by atoms with Gasteiger partial charge in [0.25, 0.3) is 0 Å². The molecule has 0 spiro atoms. The minimum Gasteiger partial charge on any atom is -0.492 e. The Hall–Kier alpha value is -0.580. The van der Waals surface area contributed by atoms with Crippen LogP contribution in [0.4, 0.5) is 0 Å². The van der Waals surface area contributed by atoms with E-state index in [4.69, 9.17) is 14.2 Å². The quantitative estimate of drug-likeness (QED) is 0.188. The molecule has 0 saturated heterocycles. The van der Waals surface area contributed by atoms with E-state index in [0.29, 0.717) is 33.0 Å². The van der Waals surface area contributed by atoms with Crippen molar-refractivity contribution in [3.8, 4) is 5.75 Å². The first-order valence-electron chi connectivity index (χ1n) is 8.23. The average molecular weight is 530 g/mol. The molecule has 8 heteroatoms. The molecule has 0 bridgehead atoms. The lowest BCUT2D eigenvalue weighted by molar-refractivity contribution is 0.0702. The Bertz CT molecular complexity index is 478. The van der Waals surface area contributed by atoms with Crippen molar-refractivity contribution in [1.29, 1.82) is 0 Å². The molecule has 1 rings (SSSR count). The third-order valence-corrected chi connectivity index (χ3v) is 3.45. The van der Waals surface area contributed by atoms with Gasteiger partial charge in [0.15, 0.2) is 5.96 Å². The number of guanidine groups is 1. The van der Waals surface area contributed by atoms with Crippen LogP contribution in [0.5, 0.6) is 5.75 Å². The van der Waals surface area contributed by atoms with Crippen LogP contribution in [0.3, 0.4) is 0 Å². The molecule has 0 heterocycles. The zero-order valence-electron chi connectivity index (χ0n) is 14.9. The molecule has 0 amide bonds. The minimum absolute atomic E-state index is 0. The predicted molar refractivity (Wildman–Crippen MR) is 116 cm³/mol. The number of hydrogen-bond donors (Lipinski definition) is 2. The van der Waals surface area contributed by atoms with Crippen LogP contribution < -0.4 is 15.4 Å². The SMILES string of the molecule is CCNC(=NCCCOCCOC)NCCOc1cccc(Br)c1.I. The smallest absolute Gasteiger partial charge is 0.191 e. The first-order valence-corrected chi connectivity index (χ1v) is 9.02. The molecule has 144 valence electrons. The van der Waals surface area contributed by atoms with Crippen molar-refractivity contribution in [3.05, 3.63) is 28.7 Å². The Kier molecular flexibility index (Phi) is 16.5. The highest BCUT2D eigenvalue weighted by Gasteiger charge is 1.98. The molecule has 1 aromatic carbocycles. The molecular formula is C17H29BrIN3O3. The van der Waals surface area contributed by atoms with E-state index in [2.05, 4.69) is 31.6 Å². The number of halogens is 2. The fourth-order valence-electron chi connectivity index (χ4n) is 1.84. The summed E-state index contributed by atoms with van der Waals surface area (Å²) in [6.45, 7) is 6.79. The summed E-state index contributed by atoms with van der Waals surface area (Å²) in [6.07, 6.45) is 0.884. The summed E-state index contributed by atoms with van der Waals surface area (Å²) in [7, 11) is 1.67. The van der Waals surface area contributed by atoms with Crippen molar-refractivity contribution in [2.75, 3.05) is 53.2 Å². The average Bonchev–Trinajstić information content (AvgIpc) is 2.58. The summed E-state index contributed by atoms with van der Waals surface area (Å²) in [5.41, 5.74) is 0. The maximum absolute atomic E-state index is 5.69. The molecule has 6 nitrogen and oxygen atoms in total. The van der Waals surface area contributed by atoms with Gasteiger partial charge < -0.3 is 24.8 Å². The molecule has 1 aromatic rings. The van der Waals surface area contributed by atoms with Crippen LogP contribution in [-0.2, 0) is 9.47 Å². The Morgan fingerprint density at radius 3 is 2.72 bits per heavy atom. The highest BCUT2D eigenvalue weighted by atomic mass is 127. The van der Waals surface area contributed by atoms with Gasteiger partial charge in [0.05, 0.1) is 19.8 Å². The summed E-state index contributed by atoms with van der Waals surface area (Å²) in [5.74, 6) is 1.65. The van der Waals surface area contributed by atoms with Crippen molar-refractivity contribution < 1.29 is 14.2 Å². The molecular weight excluding hydrogens is 501 g/mol. The molecule has 0 fully saturated rings. The second-order valence-corrected chi connectivity index (χ2v) is 5.87. The largest absolute Gasteiger partial charge is 0.492 e. The summed E-state index contributed by atoms with van der Waals surface area (Å²) in [4.78, 5) is 4.51. The fraction of sp³-hybridized carbons (Fsp3) is 0.588. The molecule has 0 aliphatic carbocycles.